The van der Waals surface area contributed by atoms with Crippen LogP contribution < -0.4 is 10.6 Å². The molecule has 11 heavy (non-hydrogen) atoms. The van der Waals surface area contributed by atoms with E-state index in [1.54, 1.807) is 0 Å². The molecule has 0 saturated heterocycles. The number of carbonyl (C=O) groups excluding carboxylic acids is 1. The van der Waals surface area contributed by atoms with Gasteiger partial charge in [-0.2, -0.15) is 0 Å². The quantitative estimate of drug-likeness (QED) is 0.639. The highest BCUT2D eigenvalue weighted by atomic mass is 16.2. The van der Waals surface area contributed by atoms with E-state index in [4.69, 9.17) is 0 Å². The Hall–Kier alpha value is -0.730. The first-order chi connectivity index (χ1) is 5.20. The molecular formula is C8H18N2O. The van der Waals surface area contributed by atoms with Crippen LogP contribution >= 0.6 is 0 Å². The first-order valence-electron chi connectivity index (χ1n) is 4.25. The minimum Gasteiger partial charge on any atom is -0.338 e. The highest BCUT2D eigenvalue weighted by molar-refractivity contribution is 5.74. The maximum absolute atomic E-state index is 10.9. The van der Waals surface area contributed by atoms with Gasteiger partial charge in [0.1, 0.15) is 0 Å². The Balaban J connectivity index is 3.36. The van der Waals surface area contributed by atoms with Gasteiger partial charge in [0, 0.05) is 12.6 Å². The summed E-state index contributed by atoms with van der Waals surface area (Å²) < 4.78 is 0. The van der Waals surface area contributed by atoms with Gasteiger partial charge >= 0.3 is 6.03 Å². The second-order valence-corrected chi connectivity index (χ2v) is 2.71. The summed E-state index contributed by atoms with van der Waals surface area (Å²) in [5.74, 6) is 0. The standard InChI is InChI=1S/C8H18N2O/c1-4-6-9-8(11)10-7(3)5-2/h7H,4-6H2,1-3H3,(H2,9,10,11). The molecule has 3 nitrogen and oxygen atoms in total. The van der Waals surface area contributed by atoms with Gasteiger partial charge in [-0.15, -0.1) is 0 Å². The molecule has 0 spiro atoms. The molecule has 0 aliphatic rings. The Morgan fingerprint density at radius 3 is 2.55 bits per heavy atom. The fraction of sp³-hybridized carbons (Fsp3) is 0.875. The lowest BCUT2D eigenvalue weighted by atomic mass is 10.3. The summed E-state index contributed by atoms with van der Waals surface area (Å²) in [5, 5.41) is 5.56. The van der Waals surface area contributed by atoms with Crippen molar-refractivity contribution in [1.29, 1.82) is 0 Å². The Morgan fingerprint density at radius 1 is 1.45 bits per heavy atom. The molecular weight excluding hydrogens is 140 g/mol. The normalized spacial score (nSPS) is 12.3. The van der Waals surface area contributed by atoms with Crippen molar-refractivity contribution < 1.29 is 4.79 Å². The van der Waals surface area contributed by atoms with Crippen LogP contribution in [0.5, 0.6) is 0 Å². The van der Waals surface area contributed by atoms with E-state index >= 15 is 0 Å². The molecule has 2 amide bonds. The van der Waals surface area contributed by atoms with Crippen LogP contribution in [0.4, 0.5) is 4.79 Å². The second-order valence-electron chi connectivity index (χ2n) is 2.71. The summed E-state index contributed by atoms with van der Waals surface area (Å²) in [6.07, 6.45) is 1.95. The minimum atomic E-state index is -0.0544. The number of hydrogen-bond acceptors (Lipinski definition) is 1. The first-order valence-corrected chi connectivity index (χ1v) is 4.25. The Kier molecular flexibility index (Phi) is 5.61. The van der Waals surface area contributed by atoms with Gasteiger partial charge in [-0.25, -0.2) is 4.79 Å². The van der Waals surface area contributed by atoms with Gasteiger partial charge in [0.2, 0.25) is 0 Å². The number of nitrogens with one attached hydrogen (secondary N) is 2. The van der Waals surface area contributed by atoms with Crippen LogP contribution in [0.15, 0.2) is 0 Å². The van der Waals surface area contributed by atoms with Gasteiger partial charge in [0.05, 0.1) is 0 Å². The summed E-state index contributed by atoms with van der Waals surface area (Å²) >= 11 is 0. The van der Waals surface area contributed by atoms with Crippen LogP contribution in [-0.4, -0.2) is 18.6 Å². The van der Waals surface area contributed by atoms with Crippen LogP contribution in [0.1, 0.15) is 33.6 Å². The third-order valence-corrected chi connectivity index (χ3v) is 1.53. The smallest absolute Gasteiger partial charge is 0.314 e. The topological polar surface area (TPSA) is 41.1 Å². The van der Waals surface area contributed by atoms with Crippen LogP contribution in [0, 0.1) is 0 Å². The van der Waals surface area contributed by atoms with E-state index in [0.29, 0.717) is 0 Å². The van der Waals surface area contributed by atoms with Crippen molar-refractivity contribution >= 4 is 6.03 Å². The molecule has 0 heterocycles. The molecule has 0 aliphatic carbocycles. The molecule has 66 valence electrons. The summed E-state index contributed by atoms with van der Waals surface area (Å²) in [6, 6.07) is 0.216. The molecule has 1 atom stereocenters. The molecule has 0 aromatic rings. The van der Waals surface area contributed by atoms with Gasteiger partial charge < -0.3 is 10.6 Å². The summed E-state index contributed by atoms with van der Waals surface area (Å²) in [4.78, 5) is 10.9. The Morgan fingerprint density at radius 2 is 2.09 bits per heavy atom. The second kappa shape index (κ2) is 6.01. The van der Waals surface area contributed by atoms with Crippen molar-refractivity contribution in [3.63, 3.8) is 0 Å². The van der Waals surface area contributed by atoms with Gasteiger partial charge in [0.25, 0.3) is 0 Å². The Labute approximate surface area is 68.6 Å². The van der Waals surface area contributed by atoms with Crippen molar-refractivity contribution in [2.45, 2.75) is 39.7 Å². The minimum absolute atomic E-state index is 0.0544. The molecule has 0 aromatic carbocycles. The molecule has 2 N–H and O–H groups in total. The fourth-order valence-electron chi connectivity index (χ4n) is 0.615. The fourth-order valence-corrected chi connectivity index (χ4v) is 0.615. The molecule has 3 heteroatoms. The van der Waals surface area contributed by atoms with E-state index in [2.05, 4.69) is 10.6 Å². The third-order valence-electron chi connectivity index (χ3n) is 1.53. The number of carbonyl (C=O) groups is 1. The number of rotatable bonds is 4. The monoisotopic (exact) mass is 158 g/mol. The van der Waals surface area contributed by atoms with Crippen molar-refractivity contribution in [2.75, 3.05) is 6.54 Å². The molecule has 0 bridgehead atoms. The average molecular weight is 158 g/mol. The number of hydrogen-bond donors (Lipinski definition) is 2. The predicted octanol–water partition coefficient (Wildman–Crippen LogP) is 1.49. The number of urea groups is 1. The van der Waals surface area contributed by atoms with Gasteiger partial charge in [-0.05, 0) is 19.8 Å². The maximum atomic E-state index is 10.9. The predicted molar refractivity (Wildman–Crippen MR) is 46.6 cm³/mol. The largest absolute Gasteiger partial charge is 0.338 e. The van der Waals surface area contributed by atoms with Crippen molar-refractivity contribution in [3.05, 3.63) is 0 Å². The molecule has 0 aromatic heterocycles. The molecule has 0 saturated carbocycles. The van der Waals surface area contributed by atoms with E-state index in [1.807, 2.05) is 20.8 Å². The van der Waals surface area contributed by atoms with Gasteiger partial charge in [0.15, 0.2) is 0 Å². The van der Waals surface area contributed by atoms with Crippen molar-refractivity contribution in [2.24, 2.45) is 0 Å². The van der Waals surface area contributed by atoms with Crippen LogP contribution in [-0.2, 0) is 0 Å². The lowest BCUT2D eigenvalue weighted by Gasteiger charge is -2.11. The van der Waals surface area contributed by atoms with Gasteiger partial charge in [-0.3, -0.25) is 0 Å². The average Bonchev–Trinajstić information content (AvgIpc) is 2.00. The van der Waals surface area contributed by atoms with Gasteiger partial charge in [-0.1, -0.05) is 13.8 Å². The zero-order valence-electron chi connectivity index (χ0n) is 7.61. The van der Waals surface area contributed by atoms with E-state index in [-0.39, 0.29) is 12.1 Å². The molecule has 0 rings (SSSR count). The van der Waals surface area contributed by atoms with E-state index in [9.17, 15) is 4.79 Å². The zero-order chi connectivity index (χ0) is 8.69. The van der Waals surface area contributed by atoms with Crippen molar-refractivity contribution in [3.8, 4) is 0 Å². The maximum Gasteiger partial charge on any atom is 0.314 e. The van der Waals surface area contributed by atoms with Crippen LogP contribution in [0.25, 0.3) is 0 Å². The molecule has 0 radical (unpaired) electrons. The zero-order valence-corrected chi connectivity index (χ0v) is 7.61. The van der Waals surface area contributed by atoms with Crippen LogP contribution in [0.3, 0.4) is 0 Å². The highest BCUT2D eigenvalue weighted by Gasteiger charge is 2.01. The SMILES string of the molecule is CCCNC(=O)NC(C)CC. The van der Waals surface area contributed by atoms with Crippen LogP contribution in [0.2, 0.25) is 0 Å². The summed E-state index contributed by atoms with van der Waals surface area (Å²) in [6.45, 7) is 6.82. The van der Waals surface area contributed by atoms with Crippen molar-refractivity contribution in [1.82, 2.24) is 10.6 Å². The summed E-state index contributed by atoms with van der Waals surface area (Å²) in [5.41, 5.74) is 0. The first kappa shape index (κ1) is 10.3. The van der Waals surface area contributed by atoms with E-state index in [0.717, 1.165) is 19.4 Å². The molecule has 1 unspecified atom stereocenters. The lowest BCUT2D eigenvalue weighted by molar-refractivity contribution is 0.237. The Bertz CT molecular complexity index is 115. The molecule has 0 aliphatic heterocycles. The highest BCUT2D eigenvalue weighted by Crippen LogP contribution is 1.86. The van der Waals surface area contributed by atoms with E-state index in [1.165, 1.54) is 0 Å². The third kappa shape index (κ3) is 5.70. The lowest BCUT2D eigenvalue weighted by Crippen LogP contribution is -2.40. The molecule has 0 fully saturated rings. The summed E-state index contributed by atoms with van der Waals surface area (Å²) in [7, 11) is 0. The van der Waals surface area contributed by atoms with E-state index < -0.39 is 0 Å². The number of amides is 2.